The van der Waals surface area contributed by atoms with Gasteiger partial charge in [-0.3, -0.25) is 4.79 Å². The molecule has 1 saturated heterocycles. The maximum Gasteiger partial charge on any atom is 0.397 e. The highest BCUT2D eigenvalue weighted by molar-refractivity contribution is 5.77. The molecule has 0 spiro atoms. The summed E-state index contributed by atoms with van der Waals surface area (Å²) < 4.78 is 47.6. The van der Waals surface area contributed by atoms with Crippen LogP contribution >= 0.6 is 0 Å². The SMILES string of the molecule is O=C(CC(F)(F)F)N1CC[C@H](F)C1. The molecule has 0 aromatic rings. The van der Waals surface area contributed by atoms with E-state index in [0.29, 0.717) is 0 Å². The molecule has 76 valence electrons. The fourth-order valence-corrected chi connectivity index (χ4v) is 1.23. The van der Waals surface area contributed by atoms with Gasteiger partial charge in [-0.25, -0.2) is 4.39 Å². The van der Waals surface area contributed by atoms with E-state index in [-0.39, 0.29) is 19.5 Å². The summed E-state index contributed by atoms with van der Waals surface area (Å²) in [6, 6.07) is 0. The standard InChI is InChI=1S/C7H9F4NO/c8-5-1-2-12(4-5)6(13)3-7(9,10)11/h5H,1-4H2/t5-/m0/s1. The third-order valence-corrected chi connectivity index (χ3v) is 1.84. The van der Waals surface area contributed by atoms with Gasteiger partial charge in [-0.2, -0.15) is 13.2 Å². The van der Waals surface area contributed by atoms with Gasteiger partial charge in [0.2, 0.25) is 5.91 Å². The van der Waals surface area contributed by atoms with E-state index in [2.05, 4.69) is 0 Å². The molecule has 0 N–H and O–H groups in total. The Bertz CT molecular complexity index is 203. The van der Waals surface area contributed by atoms with Crippen LogP contribution in [0.2, 0.25) is 0 Å². The van der Waals surface area contributed by atoms with Crippen LogP contribution in [0.5, 0.6) is 0 Å². The number of amides is 1. The van der Waals surface area contributed by atoms with Crippen molar-refractivity contribution in [2.75, 3.05) is 13.1 Å². The Morgan fingerprint density at radius 3 is 2.46 bits per heavy atom. The maximum absolute atomic E-state index is 12.5. The summed E-state index contributed by atoms with van der Waals surface area (Å²) in [5, 5.41) is 0. The molecule has 0 bridgehead atoms. The third-order valence-electron chi connectivity index (χ3n) is 1.84. The van der Waals surface area contributed by atoms with Crippen LogP contribution in [-0.4, -0.2) is 36.2 Å². The molecule has 2 nitrogen and oxygen atoms in total. The first-order valence-corrected chi connectivity index (χ1v) is 3.87. The van der Waals surface area contributed by atoms with Crippen LogP contribution in [0.3, 0.4) is 0 Å². The van der Waals surface area contributed by atoms with Crippen molar-refractivity contribution in [2.24, 2.45) is 0 Å². The van der Waals surface area contributed by atoms with E-state index in [1.165, 1.54) is 0 Å². The van der Waals surface area contributed by atoms with Crippen molar-refractivity contribution >= 4 is 5.91 Å². The van der Waals surface area contributed by atoms with Gasteiger partial charge in [0.1, 0.15) is 12.6 Å². The minimum absolute atomic E-state index is 0.0933. The first-order chi connectivity index (χ1) is 5.88. The molecule has 1 rings (SSSR count). The first-order valence-electron chi connectivity index (χ1n) is 3.87. The van der Waals surface area contributed by atoms with Crippen molar-refractivity contribution in [1.29, 1.82) is 0 Å². The highest BCUT2D eigenvalue weighted by Gasteiger charge is 2.35. The second-order valence-corrected chi connectivity index (χ2v) is 3.02. The number of carbonyl (C=O) groups is 1. The molecular weight excluding hydrogens is 190 g/mol. The molecule has 0 aromatic heterocycles. The highest BCUT2D eigenvalue weighted by atomic mass is 19.4. The first kappa shape index (κ1) is 10.3. The molecule has 0 aliphatic carbocycles. The van der Waals surface area contributed by atoms with Gasteiger partial charge in [0.25, 0.3) is 0 Å². The fourth-order valence-electron chi connectivity index (χ4n) is 1.23. The van der Waals surface area contributed by atoms with E-state index < -0.39 is 24.7 Å². The average Bonchev–Trinajstić information content (AvgIpc) is 2.31. The lowest BCUT2D eigenvalue weighted by Crippen LogP contribution is -2.32. The number of alkyl halides is 4. The molecule has 0 aromatic carbocycles. The Hall–Kier alpha value is -0.810. The summed E-state index contributed by atoms with van der Waals surface area (Å²) in [5.41, 5.74) is 0. The summed E-state index contributed by atoms with van der Waals surface area (Å²) in [6.45, 7) is -0.106. The minimum atomic E-state index is -4.49. The lowest BCUT2D eigenvalue weighted by atomic mass is 10.3. The van der Waals surface area contributed by atoms with Crippen molar-refractivity contribution < 1.29 is 22.4 Å². The molecule has 13 heavy (non-hydrogen) atoms. The van der Waals surface area contributed by atoms with Crippen molar-refractivity contribution in [3.05, 3.63) is 0 Å². The molecule has 1 aliphatic heterocycles. The van der Waals surface area contributed by atoms with Crippen molar-refractivity contribution in [1.82, 2.24) is 4.90 Å². The van der Waals surface area contributed by atoms with Gasteiger partial charge in [-0.15, -0.1) is 0 Å². The van der Waals surface area contributed by atoms with Crippen molar-refractivity contribution in [3.8, 4) is 0 Å². The van der Waals surface area contributed by atoms with E-state index >= 15 is 0 Å². The minimum Gasteiger partial charge on any atom is -0.339 e. The van der Waals surface area contributed by atoms with E-state index in [0.717, 1.165) is 4.90 Å². The van der Waals surface area contributed by atoms with Crippen LogP contribution in [-0.2, 0) is 4.79 Å². The number of carbonyl (C=O) groups excluding carboxylic acids is 1. The van der Waals surface area contributed by atoms with Crippen LogP contribution < -0.4 is 0 Å². The predicted molar refractivity (Wildman–Crippen MR) is 36.8 cm³/mol. The zero-order chi connectivity index (χ0) is 10.1. The van der Waals surface area contributed by atoms with E-state index in [1.54, 1.807) is 0 Å². The number of nitrogens with zero attached hydrogens (tertiary/aromatic N) is 1. The van der Waals surface area contributed by atoms with Gasteiger partial charge in [-0.05, 0) is 6.42 Å². The third kappa shape index (κ3) is 3.20. The van der Waals surface area contributed by atoms with Crippen LogP contribution in [0.15, 0.2) is 0 Å². The van der Waals surface area contributed by atoms with Crippen LogP contribution in [0.1, 0.15) is 12.8 Å². The summed E-state index contributed by atoms with van der Waals surface area (Å²) in [7, 11) is 0. The quantitative estimate of drug-likeness (QED) is 0.586. The highest BCUT2D eigenvalue weighted by Crippen LogP contribution is 2.22. The van der Waals surface area contributed by atoms with Crippen LogP contribution in [0, 0.1) is 0 Å². The molecule has 1 fully saturated rings. The fraction of sp³-hybridized carbons (Fsp3) is 0.857. The van der Waals surface area contributed by atoms with Crippen molar-refractivity contribution in [2.45, 2.75) is 25.2 Å². The zero-order valence-corrected chi connectivity index (χ0v) is 6.77. The zero-order valence-electron chi connectivity index (χ0n) is 6.77. The normalized spacial score (nSPS) is 23.7. The second-order valence-electron chi connectivity index (χ2n) is 3.02. The summed E-state index contributed by atoms with van der Waals surface area (Å²) >= 11 is 0. The molecule has 1 atom stereocenters. The lowest BCUT2D eigenvalue weighted by molar-refractivity contribution is -0.160. The molecule has 6 heteroatoms. The molecular formula is C7H9F4NO. The largest absolute Gasteiger partial charge is 0.397 e. The number of rotatable bonds is 1. The Morgan fingerprint density at radius 1 is 1.46 bits per heavy atom. The summed E-state index contributed by atoms with van der Waals surface area (Å²) in [5.74, 6) is -1.03. The smallest absolute Gasteiger partial charge is 0.339 e. The number of likely N-dealkylation sites (tertiary alicyclic amines) is 1. The van der Waals surface area contributed by atoms with Crippen molar-refractivity contribution in [3.63, 3.8) is 0 Å². The van der Waals surface area contributed by atoms with Crippen LogP contribution in [0.4, 0.5) is 17.6 Å². The monoisotopic (exact) mass is 199 g/mol. The second kappa shape index (κ2) is 3.51. The number of hydrogen-bond acceptors (Lipinski definition) is 1. The van der Waals surface area contributed by atoms with Crippen LogP contribution in [0.25, 0.3) is 0 Å². The van der Waals surface area contributed by atoms with E-state index in [1.807, 2.05) is 0 Å². The molecule has 0 unspecified atom stereocenters. The maximum atomic E-state index is 12.5. The average molecular weight is 199 g/mol. The van der Waals surface area contributed by atoms with Gasteiger partial charge in [0.15, 0.2) is 0 Å². The molecule has 1 aliphatic rings. The molecule has 1 amide bonds. The van der Waals surface area contributed by atoms with E-state index in [9.17, 15) is 22.4 Å². The van der Waals surface area contributed by atoms with Gasteiger partial charge < -0.3 is 4.90 Å². The summed E-state index contributed by atoms with van der Waals surface area (Å²) in [4.78, 5) is 11.8. The number of hydrogen-bond donors (Lipinski definition) is 0. The van der Waals surface area contributed by atoms with Gasteiger partial charge in [0, 0.05) is 6.54 Å². The Balaban J connectivity index is 2.41. The Labute approximate surface area is 72.5 Å². The summed E-state index contributed by atoms with van der Waals surface area (Å²) in [6.07, 6.45) is -7.01. The lowest BCUT2D eigenvalue weighted by Gasteiger charge is -2.15. The molecule has 1 heterocycles. The van der Waals surface area contributed by atoms with E-state index in [4.69, 9.17) is 0 Å². The number of halogens is 4. The Kier molecular flexibility index (Phi) is 2.77. The molecule has 0 saturated carbocycles. The predicted octanol–water partition coefficient (Wildman–Crippen LogP) is 1.51. The van der Waals surface area contributed by atoms with Gasteiger partial charge >= 0.3 is 6.18 Å². The van der Waals surface area contributed by atoms with Gasteiger partial charge in [0.05, 0.1) is 6.54 Å². The van der Waals surface area contributed by atoms with Gasteiger partial charge in [-0.1, -0.05) is 0 Å². The topological polar surface area (TPSA) is 20.3 Å². The molecule has 0 radical (unpaired) electrons. The Morgan fingerprint density at radius 2 is 2.08 bits per heavy atom.